The zero-order chi connectivity index (χ0) is 14.7. The summed E-state index contributed by atoms with van der Waals surface area (Å²) < 4.78 is 0. The van der Waals surface area contributed by atoms with E-state index in [4.69, 9.17) is 11.6 Å². The summed E-state index contributed by atoms with van der Waals surface area (Å²) in [5.74, 6) is 1.36. The van der Waals surface area contributed by atoms with Crippen molar-refractivity contribution >= 4 is 17.5 Å². The number of rotatable bonds is 4. The molecule has 0 spiro atoms. The molecule has 1 aliphatic heterocycles. The molecule has 0 unspecified atom stereocenters. The Balaban J connectivity index is 1.80. The fourth-order valence-corrected chi connectivity index (χ4v) is 2.62. The van der Waals surface area contributed by atoms with Crippen molar-refractivity contribution in [1.29, 1.82) is 0 Å². The van der Waals surface area contributed by atoms with E-state index in [-0.39, 0.29) is 5.28 Å². The largest absolute Gasteiger partial charge is 0.341 e. The zero-order valence-corrected chi connectivity index (χ0v) is 12.8. The number of anilines is 1. The summed E-state index contributed by atoms with van der Waals surface area (Å²) in [5.41, 5.74) is 2.17. The molecule has 5 nitrogen and oxygen atoms in total. The number of hydrogen-bond acceptors (Lipinski definition) is 5. The van der Waals surface area contributed by atoms with Gasteiger partial charge in [-0.15, -0.1) is 0 Å². The van der Waals surface area contributed by atoms with Crippen molar-refractivity contribution in [3.05, 3.63) is 40.7 Å². The van der Waals surface area contributed by atoms with E-state index in [1.54, 1.807) is 0 Å². The third-order valence-electron chi connectivity index (χ3n) is 3.67. The van der Waals surface area contributed by atoms with Gasteiger partial charge in [-0.3, -0.25) is 4.98 Å². The maximum Gasteiger partial charge on any atom is 0.229 e. The van der Waals surface area contributed by atoms with Crippen LogP contribution in [0.2, 0.25) is 5.28 Å². The topological polar surface area (TPSA) is 54.8 Å². The van der Waals surface area contributed by atoms with Crippen LogP contribution in [0.1, 0.15) is 36.8 Å². The molecule has 0 radical (unpaired) electrons. The Kier molecular flexibility index (Phi) is 4.29. The van der Waals surface area contributed by atoms with Crippen molar-refractivity contribution in [3.8, 4) is 0 Å². The average Bonchev–Trinajstić information content (AvgIpc) is 3.02. The maximum atomic E-state index is 6.03. The van der Waals surface area contributed by atoms with E-state index in [2.05, 4.69) is 37.8 Å². The Labute approximate surface area is 129 Å². The molecular weight excluding hydrogens is 286 g/mol. The van der Waals surface area contributed by atoms with Crippen LogP contribution in [-0.4, -0.2) is 33.0 Å². The SMILES string of the molecule is CCc1ccc(Cc2nc(Cl)nc(N3CCCC3)n2)nc1. The standard InChI is InChI=1S/C15H18ClN5/c1-2-11-5-6-12(17-10-11)9-13-18-14(16)20-15(19-13)21-7-3-4-8-21/h5-6,10H,2-4,7-9H2,1H3. The Morgan fingerprint density at radius 2 is 1.95 bits per heavy atom. The fourth-order valence-electron chi connectivity index (χ4n) is 2.45. The van der Waals surface area contributed by atoms with Crippen molar-refractivity contribution in [1.82, 2.24) is 19.9 Å². The van der Waals surface area contributed by atoms with Crippen molar-refractivity contribution in [2.45, 2.75) is 32.6 Å². The Morgan fingerprint density at radius 3 is 2.62 bits per heavy atom. The normalized spacial score (nSPS) is 14.7. The van der Waals surface area contributed by atoms with Gasteiger partial charge in [-0.05, 0) is 42.5 Å². The predicted octanol–water partition coefficient (Wildman–Crippen LogP) is 2.67. The van der Waals surface area contributed by atoms with E-state index in [1.165, 1.54) is 18.4 Å². The van der Waals surface area contributed by atoms with Crippen LogP contribution in [0.5, 0.6) is 0 Å². The predicted molar refractivity (Wildman–Crippen MR) is 82.7 cm³/mol. The third-order valence-corrected chi connectivity index (χ3v) is 3.83. The number of hydrogen-bond donors (Lipinski definition) is 0. The lowest BCUT2D eigenvalue weighted by atomic mass is 10.2. The molecular formula is C15H18ClN5. The van der Waals surface area contributed by atoms with Crippen LogP contribution in [-0.2, 0) is 12.8 Å². The molecule has 0 aromatic carbocycles. The van der Waals surface area contributed by atoms with E-state index < -0.39 is 0 Å². The first-order valence-electron chi connectivity index (χ1n) is 7.34. The molecule has 0 N–H and O–H groups in total. The first kappa shape index (κ1) is 14.2. The summed E-state index contributed by atoms with van der Waals surface area (Å²) in [7, 11) is 0. The molecule has 2 aromatic rings. The lowest BCUT2D eigenvalue weighted by Gasteiger charge is -2.15. The Bertz CT molecular complexity index is 608. The van der Waals surface area contributed by atoms with Gasteiger partial charge in [-0.25, -0.2) is 4.98 Å². The van der Waals surface area contributed by atoms with E-state index in [1.807, 2.05) is 12.3 Å². The molecule has 2 aromatic heterocycles. The van der Waals surface area contributed by atoms with Crippen molar-refractivity contribution < 1.29 is 0 Å². The molecule has 1 aliphatic rings. The highest BCUT2D eigenvalue weighted by molar-refractivity contribution is 6.28. The van der Waals surface area contributed by atoms with Gasteiger partial charge in [0.15, 0.2) is 0 Å². The van der Waals surface area contributed by atoms with Gasteiger partial charge in [0.2, 0.25) is 11.2 Å². The zero-order valence-electron chi connectivity index (χ0n) is 12.1. The summed E-state index contributed by atoms with van der Waals surface area (Å²) in [6.45, 7) is 4.09. The van der Waals surface area contributed by atoms with Crippen LogP contribution < -0.4 is 4.90 Å². The van der Waals surface area contributed by atoms with Crippen LogP contribution in [0, 0.1) is 0 Å². The first-order valence-corrected chi connectivity index (χ1v) is 7.71. The monoisotopic (exact) mass is 303 g/mol. The lowest BCUT2D eigenvalue weighted by molar-refractivity contribution is 0.834. The molecule has 0 amide bonds. The molecule has 0 aliphatic carbocycles. The van der Waals surface area contributed by atoms with Crippen LogP contribution in [0.4, 0.5) is 5.95 Å². The number of aryl methyl sites for hydroxylation is 1. The highest BCUT2D eigenvalue weighted by Crippen LogP contribution is 2.18. The van der Waals surface area contributed by atoms with Gasteiger partial charge >= 0.3 is 0 Å². The van der Waals surface area contributed by atoms with Crippen LogP contribution in [0.15, 0.2) is 18.3 Å². The highest BCUT2D eigenvalue weighted by Gasteiger charge is 2.17. The second-order valence-electron chi connectivity index (χ2n) is 5.20. The second-order valence-corrected chi connectivity index (χ2v) is 5.54. The number of aromatic nitrogens is 4. The number of nitrogens with zero attached hydrogens (tertiary/aromatic N) is 5. The first-order chi connectivity index (χ1) is 10.2. The molecule has 0 atom stereocenters. The molecule has 0 saturated carbocycles. The average molecular weight is 304 g/mol. The molecule has 1 saturated heterocycles. The van der Waals surface area contributed by atoms with Crippen molar-refractivity contribution in [2.24, 2.45) is 0 Å². The molecule has 1 fully saturated rings. The summed E-state index contributed by atoms with van der Waals surface area (Å²) in [4.78, 5) is 19.6. The summed E-state index contributed by atoms with van der Waals surface area (Å²) in [5, 5.41) is 0.257. The maximum absolute atomic E-state index is 6.03. The van der Waals surface area contributed by atoms with Crippen molar-refractivity contribution in [3.63, 3.8) is 0 Å². The van der Waals surface area contributed by atoms with Gasteiger partial charge in [0.05, 0.1) is 6.42 Å². The van der Waals surface area contributed by atoms with Crippen molar-refractivity contribution in [2.75, 3.05) is 18.0 Å². The number of pyridine rings is 1. The quantitative estimate of drug-likeness (QED) is 0.869. The van der Waals surface area contributed by atoms with Crippen LogP contribution in [0.3, 0.4) is 0 Å². The van der Waals surface area contributed by atoms with E-state index in [9.17, 15) is 0 Å². The number of halogens is 1. The van der Waals surface area contributed by atoms with Gasteiger partial charge < -0.3 is 4.90 Å². The van der Waals surface area contributed by atoms with E-state index in [0.29, 0.717) is 18.2 Å². The summed E-state index contributed by atoms with van der Waals surface area (Å²) in [6, 6.07) is 4.11. The van der Waals surface area contributed by atoms with Crippen LogP contribution in [0.25, 0.3) is 0 Å². The molecule has 110 valence electrons. The van der Waals surface area contributed by atoms with E-state index >= 15 is 0 Å². The molecule has 3 heterocycles. The van der Waals surface area contributed by atoms with Gasteiger partial charge in [-0.1, -0.05) is 13.0 Å². The van der Waals surface area contributed by atoms with Crippen LogP contribution >= 0.6 is 11.6 Å². The van der Waals surface area contributed by atoms with Gasteiger partial charge in [-0.2, -0.15) is 9.97 Å². The third kappa shape index (κ3) is 3.47. The lowest BCUT2D eigenvalue weighted by Crippen LogP contribution is -2.21. The summed E-state index contributed by atoms with van der Waals surface area (Å²) in [6.07, 6.45) is 5.83. The molecule has 6 heteroatoms. The highest BCUT2D eigenvalue weighted by atomic mass is 35.5. The molecule has 21 heavy (non-hydrogen) atoms. The Morgan fingerprint density at radius 1 is 1.14 bits per heavy atom. The molecule has 3 rings (SSSR count). The minimum absolute atomic E-state index is 0.257. The summed E-state index contributed by atoms with van der Waals surface area (Å²) >= 11 is 6.03. The minimum Gasteiger partial charge on any atom is -0.341 e. The van der Waals surface area contributed by atoms with Gasteiger partial charge in [0.1, 0.15) is 5.82 Å². The smallest absolute Gasteiger partial charge is 0.229 e. The second kappa shape index (κ2) is 6.35. The van der Waals surface area contributed by atoms with E-state index in [0.717, 1.165) is 25.2 Å². The van der Waals surface area contributed by atoms with Gasteiger partial charge in [0, 0.05) is 25.0 Å². The van der Waals surface area contributed by atoms with Gasteiger partial charge in [0.25, 0.3) is 0 Å². The Hall–Kier alpha value is -1.75. The molecule has 0 bridgehead atoms. The fraction of sp³-hybridized carbons (Fsp3) is 0.467. The minimum atomic E-state index is 0.257.